The molecule has 1 unspecified atom stereocenters. The maximum absolute atomic E-state index is 12.4. The zero-order valence-corrected chi connectivity index (χ0v) is 14.8. The number of rotatable bonds is 6. The minimum Gasteiger partial charge on any atom is -0.494 e. The fourth-order valence-corrected chi connectivity index (χ4v) is 3.03. The number of para-hydroxylation sites is 1. The van der Waals surface area contributed by atoms with Gasteiger partial charge in [0, 0.05) is 24.7 Å². The SMILES string of the molecule is CCOc1ccc(N2CC(NC(=O)c3ccccc3[N+](=O)[O-])CC2=O)cc1. The molecule has 0 bridgehead atoms. The second kappa shape index (κ2) is 7.86. The first-order valence-electron chi connectivity index (χ1n) is 8.57. The van der Waals surface area contributed by atoms with Gasteiger partial charge in [-0.2, -0.15) is 0 Å². The molecule has 2 aromatic carbocycles. The van der Waals surface area contributed by atoms with Gasteiger partial charge in [-0.15, -0.1) is 0 Å². The summed E-state index contributed by atoms with van der Waals surface area (Å²) < 4.78 is 5.39. The third-order valence-electron chi connectivity index (χ3n) is 4.27. The summed E-state index contributed by atoms with van der Waals surface area (Å²) >= 11 is 0. The van der Waals surface area contributed by atoms with Crippen molar-refractivity contribution < 1.29 is 19.2 Å². The molecular formula is C19H19N3O5. The lowest BCUT2D eigenvalue weighted by atomic mass is 10.1. The molecule has 0 radical (unpaired) electrons. The van der Waals surface area contributed by atoms with E-state index in [0.29, 0.717) is 24.6 Å². The van der Waals surface area contributed by atoms with Gasteiger partial charge < -0.3 is 15.0 Å². The molecule has 1 fully saturated rings. The number of nitro benzene ring substituents is 1. The maximum atomic E-state index is 12.4. The normalized spacial score (nSPS) is 16.3. The van der Waals surface area contributed by atoms with Crippen LogP contribution in [0.15, 0.2) is 48.5 Å². The summed E-state index contributed by atoms with van der Waals surface area (Å²) in [6.07, 6.45) is 0.138. The monoisotopic (exact) mass is 369 g/mol. The number of carbonyl (C=O) groups excluding carboxylic acids is 2. The second-order valence-corrected chi connectivity index (χ2v) is 6.08. The third kappa shape index (κ3) is 4.05. The highest BCUT2D eigenvalue weighted by atomic mass is 16.6. The lowest BCUT2D eigenvalue weighted by Gasteiger charge is -2.17. The van der Waals surface area contributed by atoms with Crippen molar-refractivity contribution in [2.24, 2.45) is 0 Å². The van der Waals surface area contributed by atoms with E-state index >= 15 is 0 Å². The lowest BCUT2D eigenvalue weighted by molar-refractivity contribution is -0.385. The van der Waals surface area contributed by atoms with Gasteiger partial charge >= 0.3 is 0 Å². The number of ether oxygens (including phenoxy) is 1. The Hall–Kier alpha value is -3.42. The van der Waals surface area contributed by atoms with Crippen molar-refractivity contribution in [3.8, 4) is 5.75 Å². The molecule has 0 spiro atoms. The van der Waals surface area contributed by atoms with Gasteiger partial charge in [0.2, 0.25) is 5.91 Å². The number of carbonyl (C=O) groups is 2. The van der Waals surface area contributed by atoms with E-state index in [-0.39, 0.29) is 23.6 Å². The van der Waals surface area contributed by atoms with Crippen molar-refractivity contribution in [3.63, 3.8) is 0 Å². The van der Waals surface area contributed by atoms with Crippen molar-refractivity contribution in [2.75, 3.05) is 18.1 Å². The smallest absolute Gasteiger partial charge is 0.282 e. The summed E-state index contributed by atoms with van der Waals surface area (Å²) in [5, 5.41) is 13.8. The van der Waals surface area contributed by atoms with Crippen LogP contribution >= 0.6 is 0 Å². The Labute approximate surface area is 155 Å². The number of nitrogens with zero attached hydrogens (tertiary/aromatic N) is 2. The molecule has 27 heavy (non-hydrogen) atoms. The molecule has 1 N–H and O–H groups in total. The predicted octanol–water partition coefficient (Wildman–Crippen LogP) is 2.53. The Morgan fingerprint density at radius 1 is 1.26 bits per heavy atom. The van der Waals surface area contributed by atoms with Gasteiger partial charge in [-0.3, -0.25) is 19.7 Å². The number of nitro groups is 1. The zero-order valence-electron chi connectivity index (χ0n) is 14.8. The number of amides is 2. The van der Waals surface area contributed by atoms with E-state index in [2.05, 4.69) is 5.32 Å². The molecule has 140 valence electrons. The minimum atomic E-state index is -0.596. The zero-order chi connectivity index (χ0) is 19.4. The summed E-state index contributed by atoms with van der Waals surface area (Å²) in [6, 6.07) is 12.5. The topological polar surface area (TPSA) is 102 Å². The van der Waals surface area contributed by atoms with Crippen LogP contribution in [-0.4, -0.2) is 35.9 Å². The minimum absolute atomic E-state index is 0.0190. The Balaban J connectivity index is 1.69. The van der Waals surface area contributed by atoms with E-state index in [1.54, 1.807) is 35.2 Å². The summed E-state index contributed by atoms with van der Waals surface area (Å²) in [5.41, 5.74) is 0.433. The van der Waals surface area contributed by atoms with Crippen molar-refractivity contribution in [1.82, 2.24) is 5.32 Å². The van der Waals surface area contributed by atoms with Crippen molar-refractivity contribution in [3.05, 3.63) is 64.2 Å². The molecule has 1 heterocycles. The molecule has 0 aromatic heterocycles. The van der Waals surface area contributed by atoms with Crippen LogP contribution in [0.4, 0.5) is 11.4 Å². The van der Waals surface area contributed by atoms with Crippen LogP contribution in [0.1, 0.15) is 23.7 Å². The van der Waals surface area contributed by atoms with Gasteiger partial charge in [-0.1, -0.05) is 12.1 Å². The Kier molecular flexibility index (Phi) is 5.35. The van der Waals surface area contributed by atoms with Crippen LogP contribution in [-0.2, 0) is 4.79 Å². The van der Waals surface area contributed by atoms with Crippen molar-refractivity contribution >= 4 is 23.2 Å². The van der Waals surface area contributed by atoms with Gasteiger partial charge in [0.1, 0.15) is 11.3 Å². The Bertz CT molecular complexity index is 866. The van der Waals surface area contributed by atoms with Gasteiger partial charge in [0.15, 0.2) is 0 Å². The highest BCUT2D eigenvalue weighted by Crippen LogP contribution is 2.25. The molecule has 8 nitrogen and oxygen atoms in total. The van der Waals surface area contributed by atoms with E-state index in [1.165, 1.54) is 18.2 Å². The number of benzene rings is 2. The maximum Gasteiger partial charge on any atom is 0.282 e. The molecule has 2 amide bonds. The van der Waals surface area contributed by atoms with E-state index in [9.17, 15) is 19.7 Å². The van der Waals surface area contributed by atoms with Crippen LogP contribution in [0.3, 0.4) is 0 Å². The third-order valence-corrected chi connectivity index (χ3v) is 4.27. The number of nitrogens with one attached hydrogen (secondary N) is 1. The van der Waals surface area contributed by atoms with E-state index in [4.69, 9.17) is 4.74 Å². The first kappa shape index (κ1) is 18.4. The average Bonchev–Trinajstić information content (AvgIpc) is 3.02. The highest BCUT2D eigenvalue weighted by molar-refractivity contribution is 6.00. The molecular weight excluding hydrogens is 350 g/mol. The molecule has 2 aromatic rings. The molecule has 3 rings (SSSR count). The first-order chi connectivity index (χ1) is 13.0. The van der Waals surface area contributed by atoms with Crippen LogP contribution in [0, 0.1) is 10.1 Å². The van der Waals surface area contributed by atoms with Crippen molar-refractivity contribution in [1.29, 1.82) is 0 Å². The summed E-state index contributed by atoms with van der Waals surface area (Å²) in [7, 11) is 0. The average molecular weight is 369 g/mol. The highest BCUT2D eigenvalue weighted by Gasteiger charge is 2.32. The lowest BCUT2D eigenvalue weighted by Crippen LogP contribution is -2.37. The van der Waals surface area contributed by atoms with Gasteiger partial charge in [0.25, 0.3) is 11.6 Å². The second-order valence-electron chi connectivity index (χ2n) is 6.08. The van der Waals surface area contributed by atoms with Crippen LogP contribution in [0.2, 0.25) is 0 Å². The van der Waals surface area contributed by atoms with Crippen LogP contribution in [0.5, 0.6) is 5.75 Å². The molecule has 1 atom stereocenters. The molecule has 1 aliphatic heterocycles. The molecule has 1 aliphatic rings. The standard InChI is InChI=1S/C19H19N3O5/c1-2-27-15-9-7-14(8-10-15)21-12-13(11-18(21)23)20-19(24)16-5-3-4-6-17(16)22(25)26/h3-10,13H,2,11-12H2,1H3,(H,20,24). The number of hydrogen-bond acceptors (Lipinski definition) is 5. The van der Waals surface area contributed by atoms with E-state index < -0.39 is 16.9 Å². The number of anilines is 1. The number of hydrogen-bond donors (Lipinski definition) is 1. The van der Waals surface area contributed by atoms with Crippen LogP contribution in [0.25, 0.3) is 0 Å². The molecule has 0 saturated carbocycles. The fourth-order valence-electron chi connectivity index (χ4n) is 3.03. The Morgan fingerprint density at radius 2 is 1.96 bits per heavy atom. The predicted molar refractivity (Wildman–Crippen MR) is 98.9 cm³/mol. The summed E-state index contributed by atoms with van der Waals surface area (Å²) in [6.45, 7) is 2.75. The van der Waals surface area contributed by atoms with Gasteiger partial charge in [0.05, 0.1) is 17.6 Å². The van der Waals surface area contributed by atoms with E-state index in [0.717, 1.165) is 0 Å². The summed E-state index contributed by atoms with van der Waals surface area (Å²) in [5.74, 6) is 0.0369. The van der Waals surface area contributed by atoms with Gasteiger partial charge in [-0.05, 0) is 37.3 Å². The molecule has 0 aliphatic carbocycles. The first-order valence-corrected chi connectivity index (χ1v) is 8.57. The quantitative estimate of drug-likeness (QED) is 0.623. The molecule has 1 saturated heterocycles. The van der Waals surface area contributed by atoms with Gasteiger partial charge in [-0.25, -0.2) is 0 Å². The Morgan fingerprint density at radius 3 is 2.63 bits per heavy atom. The fraction of sp³-hybridized carbons (Fsp3) is 0.263. The summed E-state index contributed by atoms with van der Waals surface area (Å²) in [4.78, 5) is 36.8. The van der Waals surface area contributed by atoms with Crippen molar-refractivity contribution in [2.45, 2.75) is 19.4 Å². The van der Waals surface area contributed by atoms with Crippen LogP contribution < -0.4 is 15.0 Å². The largest absolute Gasteiger partial charge is 0.494 e. The molecule has 8 heteroatoms. The van der Waals surface area contributed by atoms with E-state index in [1.807, 2.05) is 6.92 Å².